The van der Waals surface area contributed by atoms with Crippen LogP contribution in [0.25, 0.3) is 15.3 Å². The van der Waals surface area contributed by atoms with Crippen LogP contribution in [-0.2, 0) is 12.8 Å². The van der Waals surface area contributed by atoms with Crippen molar-refractivity contribution in [2.75, 3.05) is 0 Å². The maximum absolute atomic E-state index is 4.78. The lowest BCUT2D eigenvalue weighted by molar-refractivity contribution is 0.652. The summed E-state index contributed by atoms with van der Waals surface area (Å²) in [4.78, 5) is 4.78. The highest BCUT2D eigenvalue weighted by molar-refractivity contribution is 7.20. The Morgan fingerprint density at radius 2 is 2.00 bits per heavy atom. The van der Waals surface area contributed by atoms with Crippen molar-refractivity contribution in [2.24, 2.45) is 0 Å². The molecule has 0 saturated heterocycles. The summed E-state index contributed by atoms with van der Waals surface area (Å²) in [5.74, 6) is 0. The zero-order valence-corrected chi connectivity index (χ0v) is 12.6. The fourth-order valence-electron chi connectivity index (χ4n) is 3.06. The monoisotopic (exact) mass is 283 g/mol. The molecule has 0 fully saturated rings. The molecule has 3 nitrogen and oxygen atoms in total. The van der Waals surface area contributed by atoms with Gasteiger partial charge in [-0.25, -0.2) is 9.67 Å². The predicted octanol–water partition coefficient (Wildman–Crippen LogP) is 3.98. The first-order chi connectivity index (χ1) is 9.72. The van der Waals surface area contributed by atoms with Crippen LogP contribution in [0.3, 0.4) is 0 Å². The van der Waals surface area contributed by atoms with E-state index in [1.807, 2.05) is 0 Å². The summed E-state index contributed by atoms with van der Waals surface area (Å²) >= 11 is 1.73. The van der Waals surface area contributed by atoms with E-state index in [1.165, 1.54) is 46.5 Å². The quantitative estimate of drug-likeness (QED) is 0.676. The highest BCUT2D eigenvalue weighted by atomic mass is 32.1. The van der Waals surface area contributed by atoms with Gasteiger partial charge in [-0.05, 0) is 62.8 Å². The summed E-state index contributed by atoms with van der Waals surface area (Å²) in [6, 6.07) is 6.46. The van der Waals surface area contributed by atoms with Gasteiger partial charge in [-0.3, -0.25) is 0 Å². The lowest BCUT2D eigenvalue weighted by Crippen LogP contribution is -2.07. The van der Waals surface area contributed by atoms with Crippen molar-refractivity contribution in [2.45, 2.75) is 39.5 Å². The Labute approximate surface area is 122 Å². The number of aromatic nitrogens is 3. The van der Waals surface area contributed by atoms with E-state index in [-0.39, 0.29) is 0 Å². The Hall–Kier alpha value is -1.68. The largest absolute Gasteiger partial charge is 0.218 e. The lowest BCUT2D eigenvalue weighted by Gasteiger charge is -2.12. The smallest absolute Gasteiger partial charge is 0.211 e. The SMILES string of the molecule is Cc1ccc2sc(-n3nc(C)c4c3CCCC4)nc2c1. The highest BCUT2D eigenvalue weighted by Crippen LogP contribution is 2.30. The first kappa shape index (κ1) is 12.1. The molecule has 0 atom stereocenters. The number of thiazole rings is 1. The van der Waals surface area contributed by atoms with Gasteiger partial charge in [0.2, 0.25) is 5.13 Å². The van der Waals surface area contributed by atoms with Crippen LogP contribution in [0.15, 0.2) is 18.2 Å². The predicted molar refractivity (Wildman–Crippen MR) is 82.9 cm³/mol. The van der Waals surface area contributed by atoms with Crippen LogP contribution in [0.4, 0.5) is 0 Å². The molecule has 0 bridgehead atoms. The van der Waals surface area contributed by atoms with Crippen molar-refractivity contribution < 1.29 is 0 Å². The van der Waals surface area contributed by atoms with Crippen molar-refractivity contribution in [1.82, 2.24) is 14.8 Å². The van der Waals surface area contributed by atoms with E-state index >= 15 is 0 Å². The van der Waals surface area contributed by atoms with Gasteiger partial charge in [-0.1, -0.05) is 17.4 Å². The zero-order chi connectivity index (χ0) is 13.7. The Kier molecular flexibility index (Phi) is 2.67. The zero-order valence-electron chi connectivity index (χ0n) is 11.8. The van der Waals surface area contributed by atoms with Gasteiger partial charge in [-0.2, -0.15) is 5.10 Å². The normalized spacial score (nSPS) is 14.7. The van der Waals surface area contributed by atoms with Crippen LogP contribution in [-0.4, -0.2) is 14.8 Å². The van der Waals surface area contributed by atoms with Gasteiger partial charge in [0.05, 0.1) is 21.6 Å². The first-order valence-electron chi connectivity index (χ1n) is 7.17. The van der Waals surface area contributed by atoms with Crippen molar-refractivity contribution >= 4 is 21.6 Å². The Morgan fingerprint density at radius 3 is 2.90 bits per heavy atom. The van der Waals surface area contributed by atoms with Crippen molar-refractivity contribution in [1.29, 1.82) is 0 Å². The standard InChI is InChI=1S/C16H17N3S/c1-10-7-8-15-13(9-10)17-16(20-15)19-14-6-4-3-5-12(14)11(2)18-19/h7-9H,3-6H2,1-2H3. The van der Waals surface area contributed by atoms with E-state index in [2.05, 4.69) is 36.7 Å². The van der Waals surface area contributed by atoms with Crippen LogP contribution in [0.1, 0.15) is 35.4 Å². The second-order valence-corrected chi connectivity index (χ2v) is 6.61. The maximum Gasteiger partial charge on any atom is 0.211 e. The summed E-state index contributed by atoms with van der Waals surface area (Å²) in [6.45, 7) is 4.23. The molecular weight excluding hydrogens is 266 g/mol. The number of hydrogen-bond acceptors (Lipinski definition) is 3. The van der Waals surface area contributed by atoms with E-state index in [0.717, 1.165) is 17.1 Å². The minimum absolute atomic E-state index is 1.01. The average Bonchev–Trinajstić information content (AvgIpc) is 3.00. The van der Waals surface area contributed by atoms with Gasteiger partial charge in [0, 0.05) is 0 Å². The first-order valence-corrected chi connectivity index (χ1v) is 7.99. The molecule has 4 rings (SSSR count). The van der Waals surface area contributed by atoms with Gasteiger partial charge < -0.3 is 0 Å². The Balaban J connectivity index is 1.90. The summed E-state index contributed by atoms with van der Waals surface area (Å²) in [6.07, 6.45) is 4.86. The average molecular weight is 283 g/mol. The third-order valence-electron chi connectivity index (χ3n) is 4.09. The third-order valence-corrected chi connectivity index (χ3v) is 5.11. The molecule has 0 spiro atoms. The molecule has 3 aromatic rings. The molecule has 0 saturated carbocycles. The molecule has 2 heterocycles. The summed E-state index contributed by atoms with van der Waals surface area (Å²) in [5.41, 5.74) is 6.35. The number of aryl methyl sites for hydroxylation is 2. The molecule has 1 aromatic carbocycles. The van der Waals surface area contributed by atoms with Crippen LogP contribution in [0.2, 0.25) is 0 Å². The van der Waals surface area contributed by atoms with E-state index < -0.39 is 0 Å². The Morgan fingerprint density at radius 1 is 1.15 bits per heavy atom. The molecule has 1 aliphatic carbocycles. The van der Waals surface area contributed by atoms with Crippen molar-refractivity contribution in [3.63, 3.8) is 0 Å². The molecule has 102 valence electrons. The number of benzene rings is 1. The molecule has 0 amide bonds. The number of rotatable bonds is 1. The summed E-state index contributed by atoms with van der Waals surface area (Å²) in [5, 5.41) is 5.76. The van der Waals surface area contributed by atoms with Gasteiger partial charge in [-0.15, -0.1) is 0 Å². The topological polar surface area (TPSA) is 30.7 Å². The minimum atomic E-state index is 1.01. The molecule has 1 aliphatic rings. The van der Waals surface area contributed by atoms with Crippen LogP contribution < -0.4 is 0 Å². The second kappa shape index (κ2) is 4.42. The molecule has 0 radical (unpaired) electrons. The fourth-order valence-corrected chi connectivity index (χ4v) is 3.98. The summed E-state index contributed by atoms with van der Waals surface area (Å²) < 4.78 is 3.33. The maximum atomic E-state index is 4.78. The van der Waals surface area contributed by atoms with Gasteiger partial charge >= 0.3 is 0 Å². The number of fused-ring (bicyclic) bond motifs is 2. The van der Waals surface area contributed by atoms with Crippen LogP contribution >= 0.6 is 11.3 Å². The molecule has 0 aliphatic heterocycles. The lowest BCUT2D eigenvalue weighted by atomic mass is 9.96. The molecule has 2 aromatic heterocycles. The highest BCUT2D eigenvalue weighted by Gasteiger charge is 2.21. The van der Waals surface area contributed by atoms with Crippen molar-refractivity contribution in [3.05, 3.63) is 40.7 Å². The molecule has 20 heavy (non-hydrogen) atoms. The van der Waals surface area contributed by atoms with E-state index in [0.29, 0.717) is 0 Å². The minimum Gasteiger partial charge on any atom is -0.218 e. The van der Waals surface area contributed by atoms with E-state index in [4.69, 9.17) is 10.1 Å². The molecule has 0 N–H and O–H groups in total. The molecule has 4 heteroatoms. The second-order valence-electron chi connectivity index (χ2n) is 5.60. The van der Waals surface area contributed by atoms with Crippen molar-refractivity contribution in [3.8, 4) is 5.13 Å². The number of hydrogen-bond donors (Lipinski definition) is 0. The van der Waals surface area contributed by atoms with Crippen LogP contribution in [0.5, 0.6) is 0 Å². The number of nitrogens with zero attached hydrogens (tertiary/aromatic N) is 3. The fraction of sp³-hybridized carbons (Fsp3) is 0.375. The van der Waals surface area contributed by atoms with E-state index in [9.17, 15) is 0 Å². The Bertz CT molecular complexity index is 798. The van der Waals surface area contributed by atoms with Gasteiger partial charge in [0.1, 0.15) is 0 Å². The summed E-state index contributed by atoms with van der Waals surface area (Å²) in [7, 11) is 0. The molecular formula is C16H17N3S. The van der Waals surface area contributed by atoms with Crippen LogP contribution in [0, 0.1) is 13.8 Å². The van der Waals surface area contributed by atoms with Gasteiger partial charge in [0.15, 0.2) is 0 Å². The van der Waals surface area contributed by atoms with E-state index in [1.54, 1.807) is 11.3 Å². The molecule has 0 unspecified atom stereocenters. The van der Waals surface area contributed by atoms with Gasteiger partial charge in [0.25, 0.3) is 0 Å². The third kappa shape index (κ3) is 1.79.